The third kappa shape index (κ3) is 5.42. The minimum atomic E-state index is 0. The molecule has 0 bridgehead atoms. The zero-order chi connectivity index (χ0) is 15.4. The van der Waals surface area contributed by atoms with E-state index in [2.05, 4.69) is 40.1 Å². The highest BCUT2D eigenvalue weighted by Gasteiger charge is 2.33. The number of halogens is 1. The summed E-state index contributed by atoms with van der Waals surface area (Å²) in [5, 5.41) is 3.52. The molecule has 2 saturated heterocycles. The van der Waals surface area contributed by atoms with Crippen molar-refractivity contribution in [2.45, 2.75) is 26.3 Å². The summed E-state index contributed by atoms with van der Waals surface area (Å²) in [7, 11) is 2.23. The molecule has 1 aromatic rings. The Labute approximate surface area is 147 Å². The minimum Gasteiger partial charge on any atom is -0.316 e. The van der Waals surface area contributed by atoms with Crippen molar-refractivity contribution in [1.29, 1.82) is 0 Å². The van der Waals surface area contributed by atoms with Crippen LogP contribution in [0.5, 0.6) is 0 Å². The molecule has 23 heavy (non-hydrogen) atoms. The van der Waals surface area contributed by atoms with Crippen LogP contribution >= 0.6 is 12.4 Å². The van der Waals surface area contributed by atoms with E-state index in [0.717, 1.165) is 12.5 Å². The van der Waals surface area contributed by atoms with Gasteiger partial charge in [0.2, 0.25) is 0 Å². The van der Waals surface area contributed by atoms with E-state index in [1.54, 1.807) is 0 Å². The first kappa shape index (κ1) is 18.7. The lowest BCUT2D eigenvalue weighted by atomic mass is 9.89. The van der Waals surface area contributed by atoms with Gasteiger partial charge in [-0.15, -0.1) is 12.4 Å². The van der Waals surface area contributed by atoms with Gasteiger partial charge in [-0.25, -0.2) is 0 Å². The van der Waals surface area contributed by atoms with Crippen molar-refractivity contribution in [2.75, 3.05) is 46.3 Å². The fourth-order valence-electron chi connectivity index (χ4n) is 4.06. The van der Waals surface area contributed by atoms with Crippen LogP contribution in [-0.2, 0) is 6.54 Å². The molecule has 0 amide bonds. The van der Waals surface area contributed by atoms with E-state index in [4.69, 9.17) is 0 Å². The Kier molecular flexibility index (Phi) is 6.84. The highest BCUT2D eigenvalue weighted by atomic mass is 35.5. The molecule has 2 aliphatic rings. The minimum absolute atomic E-state index is 0. The molecule has 2 unspecified atom stereocenters. The van der Waals surface area contributed by atoms with Crippen molar-refractivity contribution in [3.8, 4) is 0 Å². The SMILES string of the molecule is CN(Cc1cccnc1)CC1CCN(CC2(C)CCNC2)C1.Cl. The average Bonchev–Trinajstić information content (AvgIpc) is 3.10. The Hall–Kier alpha value is -0.680. The number of hydrogen-bond acceptors (Lipinski definition) is 4. The van der Waals surface area contributed by atoms with Crippen LogP contribution in [0.4, 0.5) is 0 Å². The quantitative estimate of drug-likeness (QED) is 0.862. The van der Waals surface area contributed by atoms with E-state index >= 15 is 0 Å². The maximum absolute atomic E-state index is 4.21. The van der Waals surface area contributed by atoms with Gasteiger partial charge in [-0.3, -0.25) is 4.98 Å². The second-order valence-electron chi connectivity index (χ2n) is 7.69. The summed E-state index contributed by atoms with van der Waals surface area (Å²) >= 11 is 0. The summed E-state index contributed by atoms with van der Waals surface area (Å²) < 4.78 is 0. The van der Waals surface area contributed by atoms with E-state index in [0.29, 0.717) is 5.41 Å². The molecule has 5 heteroatoms. The number of nitrogens with zero attached hydrogens (tertiary/aromatic N) is 3. The molecule has 1 N–H and O–H groups in total. The first-order valence-corrected chi connectivity index (χ1v) is 8.63. The molecule has 2 aliphatic heterocycles. The predicted octanol–water partition coefficient (Wildman–Crippen LogP) is 2.26. The van der Waals surface area contributed by atoms with Gasteiger partial charge in [0.15, 0.2) is 0 Å². The van der Waals surface area contributed by atoms with Crippen molar-refractivity contribution in [3.63, 3.8) is 0 Å². The monoisotopic (exact) mass is 338 g/mol. The molecule has 0 aliphatic carbocycles. The van der Waals surface area contributed by atoms with Crippen molar-refractivity contribution in [1.82, 2.24) is 20.1 Å². The van der Waals surface area contributed by atoms with Crippen LogP contribution in [0.1, 0.15) is 25.3 Å². The zero-order valence-electron chi connectivity index (χ0n) is 14.5. The Balaban J connectivity index is 0.00000192. The van der Waals surface area contributed by atoms with Crippen LogP contribution in [-0.4, -0.2) is 61.1 Å². The molecule has 0 spiro atoms. The molecule has 4 nitrogen and oxygen atoms in total. The Morgan fingerprint density at radius 3 is 3.04 bits per heavy atom. The molecule has 0 saturated carbocycles. The van der Waals surface area contributed by atoms with E-state index in [1.807, 2.05) is 18.5 Å². The van der Waals surface area contributed by atoms with E-state index in [9.17, 15) is 0 Å². The number of nitrogens with one attached hydrogen (secondary N) is 1. The van der Waals surface area contributed by atoms with E-state index < -0.39 is 0 Å². The molecular weight excluding hydrogens is 308 g/mol. The summed E-state index contributed by atoms with van der Waals surface area (Å²) in [5.41, 5.74) is 1.81. The molecule has 2 fully saturated rings. The largest absolute Gasteiger partial charge is 0.316 e. The first-order chi connectivity index (χ1) is 10.6. The van der Waals surface area contributed by atoms with Crippen LogP contribution in [0.15, 0.2) is 24.5 Å². The predicted molar refractivity (Wildman–Crippen MR) is 98.0 cm³/mol. The Morgan fingerprint density at radius 1 is 1.48 bits per heavy atom. The van der Waals surface area contributed by atoms with E-state index in [-0.39, 0.29) is 12.4 Å². The van der Waals surface area contributed by atoms with Crippen molar-refractivity contribution in [2.24, 2.45) is 11.3 Å². The van der Waals surface area contributed by atoms with Gasteiger partial charge in [-0.2, -0.15) is 0 Å². The van der Waals surface area contributed by atoms with Gasteiger partial charge in [0.1, 0.15) is 0 Å². The van der Waals surface area contributed by atoms with Gasteiger partial charge in [0.05, 0.1) is 0 Å². The summed E-state index contributed by atoms with van der Waals surface area (Å²) in [4.78, 5) is 9.34. The van der Waals surface area contributed by atoms with Crippen molar-refractivity contribution in [3.05, 3.63) is 30.1 Å². The van der Waals surface area contributed by atoms with Crippen molar-refractivity contribution < 1.29 is 0 Å². The number of aromatic nitrogens is 1. The number of rotatable bonds is 6. The van der Waals surface area contributed by atoms with Gasteiger partial charge in [0, 0.05) is 45.1 Å². The second kappa shape index (κ2) is 8.43. The maximum Gasteiger partial charge on any atom is 0.0312 e. The first-order valence-electron chi connectivity index (χ1n) is 8.63. The fourth-order valence-corrected chi connectivity index (χ4v) is 4.06. The van der Waals surface area contributed by atoms with Crippen LogP contribution in [0, 0.1) is 11.3 Å². The standard InChI is InChI=1S/C18H30N4.ClH/c1-18(6-8-20-14-18)15-22-9-5-17(13-22)12-21(2)11-16-4-3-7-19-10-16;/h3-4,7,10,17,20H,5-6,8-9,11-15H2,1-2H3;1H. The molecule has 3 heterocycles. The summed E-state index contributed by atoms with van der Waals surface area (Å²) in [5.74, 6) is 0.819. The number of pyridine rings is 1. The van der Waals surface area contributed by atoms with Gasteiger partial charge >= 0.3 is 0 Å². The Bertz CT molecular complexity index is 461. The summed E-state index contributed by atoms with van der Waals surface area (Å²) in [6.45, 7) is 10.8. The third-order valence-electron chi connectivity index (χ3n) is 5.18. The molecule has 130 valence electrons. The lowest BCUT2D eigenvalue weighted by molar-refractivity contribution is 0.195. The lowest BCUT2D eigenvalue weighted by Gasteiger charge is -2.29. The number of hydrogen-bond donors (Lipinski definition) is 1. The normalized spacial score (nSPS) is 28.2. The van der Waals surface area contributed by atoms with Crippen molar-refractivity contribution >= 4 is 12.4 Å². The Morgan fingerprint density at radius 2 is 2.35 bits per heavy atom. The zero-order valence-corrected chi connectivity index (χ0v) is 15.3. The van der Waals surface area contributed by atoms with Gasteiger partial charge in [0.25, 0.3) is 0 Å². The van der Waals surface area contributed by atoms with Gasteiger partial charge < -0.3 is 15.1 Å². The highest BCUT2D eigenvalue weighted by Crippen LogP contribution is 2.28. The fraction of sp³-hybridized carbons (Fsp3) is 0.722. The second-order valence-corrected chi connectivity index (χ2v) is 7.69. The summed E-state index contributed by atoms with van der Waals surface area (Å²) in [6, 6.07) is 4.19. The summed E-state index contributed by atoms with van der Waals surface area (Å²) in [6.07, 6.45) is 6.50. The van der Waals surface area contributed by atoms with Gasteiger partial charge in [-0.1, -0.05) is 13.0 Å². The van der Waals surface area contributed by atoms with Crippen LogP contribution in [0.3, 0.4) is 0 Å². The molecule has 1 aromatic heterocycles. The average molecular weight is 339 g/mol. The molecule has 0 radical (unpaired) electrons. The molecule has 0 aromatic carbocycles. The lowest BCUT2D eigenvalue weighted by Crippen LogP contribution is -2.37. The molecule has 3 rings (SSSR count). The van der Waals surface area contributed by atoms with E-state index in [1.165, 1.54) is 57.7 Å². The van der Waals surface area contributed by atoms with Gasteiger partial charge in [-0.05, 0) is 55.9 Å². The number of likely N-dealkylation sites (tertiary alicyclic amines) is 1. The van der Waals surface area contributed by atoms with Crippen LogP contribution < -0.4 is 5.32 Å². The smallest absolute Gasteiger partial charge is 0.0312 e. The maximum atomic E-state index is 4.21. The molecule has 2 atom stereocenters. The van der Waals surface area contributed by atoms with Crippen LogP contribution in [0.25, 0.3) is 0 Å². The highest BCUT2D eigenvalue weighted by molar-refractivity contribution is 5.85. The topological polar surface area (TPSA) is 31.4 Å². The third-order valence-corrected chi connectivity index (χ3v) is 5.18. The molecular formula is C18H31ClN4. The van der Waals surface area contributed by atoms with Crippen LogP contribution in [0.2, 0.25) is 0 Å².